The van der Waals surface area contributed by atoms with E-state index in [9.17, 15) is 13.6 Å². The molecule has 176 valence electrons. The lowest BCUT2D eigenvalue weighted by atomic mass is 10.1. The van der Waals surface area contributed by atoms with E-state index < -0.39 is 0 Å². The molecule has 1 amide bonds. The molecule has 1 heterocycles. The third kappa shape index (κ3) is 7.33. The number of pyridine rings is 1. The molecule has 4 rings (SSSR count). The van der Waals surface area contributed by atoms with E-state index in [0.717, 1.165) is 16.7 Å². The summed E-state index contributed by atoms with van der Waals surface area (Å²) in [5.74, 6) is -0.201. The van der Waals surface area contributed by atoms with Crippen LogP contribution in [0.3, 0.4) is 0 Å². The van der Waals surface area contributed by atoms with Crippen molar-refractivity contribution in [3.63, 3.8) is 0 Å². The van der Waals surface area contributed by atoms with E-state index in [4.69, 9.17) is 4.74 Å². The van der Waals surface area contributed by atoms with Crippen molar-refractivity contribution in [1.82, 2.24) is 9.88 Å². The molecule has 35 heavy (non-hydrogen) atoms. The molecule has 0 unspecified atom stereocenters. The molecule has 1 aromatic heterocycles. The van der Waals surface area contributed by atoms with Gasteiger partial charge in [-0.3, -0.25) is 9.78 Å². The summed E-state index contributed by atoms with van der Waals surface area (Å²) in [6, 6.07) is 23.5. The first-order valence-corrected chi connectivity index (χ1v) is 11.1. The van der Waals surface area contributed by atoms with Crippen LogP contribution in [-0.2, 0) is 24.5 Å². The first-order chi connectivity index (χ1) is 17.0. The predicted octanol–water partition coefficient (Wildman–Crippen LogP) is 6.18. The molecule has 0 fully saturated rings. The van der Waals surface area contributed by atoms with Gasteiger partial charge in [-0.05, 0) is 76.9 Å². The number of carbonyl (C=O) groups is 1. The molecule has 3 aromatic carbocycles. The fourth-order valence-corrected chi connectivity index (χ4v) is 3.51. The quantitative estimate of drug-likeness (QED) is 0.274. The maximum Gasteiger partial charge on any atom is 0.247 e. The number of ether oxygens (including phenoxy) is 1. The molecule has 6 heteroatoms. The summed E-state index contributed by atoms with van der Waals surface area (Å²) in [6.45, 7) is 1.03. The highest BCUT2D eigenvalue weighted by molar-refractivity contribution is 5.91. The Labute approximate surface area is 203 Å². The average molecular weight is 471 g/mol. The molecule has 0 bridgehead atoms. The van der Waals surface area contributed by atoms with Crippen molar-refractivity contribution in [2.75, 3.05) is 0 Å². The molecule has 0 aliphatic heterocycles. The summed E-state index contributed by atoms with van der Waals surface area (Å²) in [5, 5.41) is 0. The zero-order valence-corrected chi connectivity index (χ0v) is 19.0. The maximum absolute atomic E-state index is 13.5. The highest BCUT2D eigenvalue weighted by atomic mass is 19.1. The summed E-state index contributed by atoms with van der Waals surface area (Å²) >= 11 is 0. The Kier molecular flexibility index (Phi) is 7.96. The van der Waals surface area contributed by atoms with Gasteiger partial charge >= 0.3 is 0 Å². The van der Waals surface area contributed by atoms with Gasteiger partial charge in [0.25, 0.3) is 0 Å². The summed E-state index contributed by atoms with van der Waals surface area (Å²) in [5.41, 5.74) is 3.22. The average Bonchev–Trinajstić information content (AvgIpc) is 2.87. The minimum Gasteiger partial charge on any atom is -0.489 e. The van der Waals surface area contributed by atoms with Crippen molar-refractivity contribution < 1.29 is 18.3 Å². The lowest BCUT2D eigenvalue weighted by Gasteiger charge is -2.22. The Morgan fingerprint density at radius 2 is 1.46 bits per heavy atom. The number of nitrogens with zero attached hydrogens (tertiary/aromatic N) is 2. The number of carbonyl (C=O) groups excluding carboxylic acids is 1. The number of amides is 1. The second-order valence-electron chi connectivity index (χ2n) is 8.00. The zero-order chi connectivity index (χ0) is 24.5. The monoisotopic (exact) mass is 470 g/mol. The third-order valence-electron chi connectivity index (χ3n) is 5.29. The van der Waals surface area contributed by atoms with Gasteiger partial charge in [-0.1, -0.05) is 36.4 Å². The van der Waals surface area contributed by atoms with E-state index in [1.807, 2.05) is 36.4 Å². The maximum atomic E-state index is 13.5. The molecule has 4 aromatic rings. The van der Waals surface area contributed by atoms with Crippen LogP contribution in [0.1, 0.15) is 22.3 Å². The van der Waals surface area contributed by atoms with E-state index in [1.165, 1.54) is 30.3 Å². The Hall–Kier alpha value is -4.32. The fraction of sp³-hybridized carbons (Fsp3) is 0.103. The minimum absolute atomic E-state index is 0.197. The SMILES string of the molecule is O=C(/C=C/c1cccc(F)c1)N(Cc1ccncc1)Cc1ccc(OCc2cccc(F)c2)cc1. The van der Waals surface area contributed by atoms with Crippen LogP contribution in [0.25, 0.3) is 6.08 Å². The summed E-state index contributed by atoms with van der Waals surface area (Å²) in [4.78, 5) is 18.8. The molecule has 0 spiro atoms. The smallest absolute Gasteiger partial charge is 0.247 e. The van der Waals surface area contributed by atoms with E-state index in [2.05, 4.69) is 4.98 Å². The third-order valence-corrected chi connectivity index (χ3v) is 5.29. The highest BCUT2D eigenvalue weighted by Crippen LogP contribution is 2.18. The molecular weight excluding hydrogens is 446 g/mol. The van der Waals surface area contributed by atoms with E-state index in [-0.39, 0.29) is 24.1 Å². The molecule has 4 nitrogen and oxygen atoms in total. The second kappa shape index (κ2) is 11.7. The van der Waals surface area contributed by atoms with E-state index in [0.29, 0.717) is 24.4 Å². The predicted molar refractivity (Wildman–Crippen MR) is 131 cm³/mol. The van der Waals surface area contributed by atoms with Crippen LogP contribution >= 0.6 is 0 Å². The Bertz CT molecular complexity index is 1290. The molecule has 0 aliphatic rings. The van der Waals surface area contributed by atoms with Crippen molar-refractivity contribution in [2.45, 2.75) is 19.7 Å². The number of hydrogen-bond donors (Lipinski definition) is 0. The van der Waals surface area contributed by atoms with Gasteiger partial charge in [-0.25, -0.2) is 8.78 Å². The van der Waals surface area contributed by atoms with Gasteiger partial charge in [-0.2, -0.15) is 0 Å². The zero-order valence-electron chi connectivity index (χ0n) is 19.0. The van der Waals surface area contributed by atoms with Gasteiger partial charge in [0.2, 0.25) is 5.91 Å². The Balaban J connectivity index is 1.44. The van der Waals surface area contributed by atoms with Crippen LogP contribution in [0.5, 0.6) is 5.75 Å². The van der Waals surface area contributed by atoms with Crippen LogP contribution in [0.4, 0.5) is 8.78 Å². The van der Waals surface area contributed by atoms with Crippen molar-refractivity contribution in [1.29, 1.82) is 0 Å². The minimum atomic E-state index is -0.354. The van der Waals surface area contributed by atoms with Gasteiger partial charge < -0.3 is 9.64 Å². The van der Waals surface area contributed by atoms with Crippen molar-refractivity contribution >= 4 is 12.0 Å². The normalized spacial score (nSPS) is 10.9. The molecule has 0 atom stereocenters. The number of hydrogen-bond acceptors (Lipinski definition) is 3. The van der Waals surface area contributed by atoms with Crippen LogP contribution < -0.4 is 4.74 Å². The molecule has 0 saturated heterocycles. The van der Waals surface area contributed by atoms with Gasteiger partial charge in [0, 0.05) is 31.6 Å². The molecule has 0 saturated carbocycles. The lowest BCUT2D eigenvalue weighted by molar-refractivity contribution is -0.127. The van der Waals surface area contributed by atoms with Crippen LogP contribution in [-0.4, -0.2) is 15.8 Å². The summed E-state index contributed by atoms with van der Waals surface area (Å²) in [6.07, 6.45) is 6.43. The largest absolute Gasteiger partial charge is 0.489 e. The van der Waals surface area contributed by atoms with Gasteiger partial charge in [-0.15, -0.1) is 0 Å². The second-order valence-corrected chi connectivity index (χ2v) is 8.00. The number of rotatable bonds is 9. The van der Waals surface area contributed by atoms with Crippen LogP contribution in [0, 0.1) is 11.6 Å². The summed E-state index contributed by atoms with van der Waals surface area (Å²) in [7, 11) is 0. The van der Waals surface area contributed by atoms with Crippen LogP contribution in [0.2, 0.25) is 0 Å². The standard InChI is InChI=1S/C29H24F2N2O2/c30-26-5-1-3-22(17-26)9-12-29(34)33(20-24-13-15-32-16-14-24)19-23-7-10-28(11-8-23)35-21-25-4-2-6-27(31)18-25/h1-18H,19-21H2/b12-9+. The van der Waals surface area contributed by atoms with Crippen LogP contribution in [0.15, 0.2) is 103 Å². The fourth-order valence-electron chi connectivity index (χ4n) is 3.51. The van der Waals surface area contributed by atoms with E-state index >= 15 is 0 Å². The van der Waals surface area contributed by atoms with Crippen molar-refractivity contribution in [3.8, 4) is 5.75 Å². The van der Waals surface area contributed by atoms with Crippen molar-refractivity contribution in [2.24, 2.45) is 0 Å². The molecular formula is C29H24F2N2O2. The number of benzene rings is 3. The first-order valence-electron chi connectivity index (χ1n) is 11.1. The van der Waals surface area contributed by atoms with Gasteiger partial charge in [0.05, 0.1) is 0 Å². The van der Waals surface area contributed by atoms with Gasteiger partial charge in [0.15, 0.2) is 0 Å². The number of halogens is 2. The van der Waals surface area contributed by atoms with Gasteiger partial charge in [0.1, 0.15) is 24.0 Å². The summed E-state index contributed by atoms with van der Waals surface area (Å²) < 4.78 is 32.6. The topological polar surface area (TPSA) is 42.4 Å². The highest BCUT2D eigenvalue weighted by Gasteiger charge is 2.13. The lowest BCUT2D eigenvalue weighted by Crippen LogP contribution is -2.28. The molecule has 0 N–H and O–H groups in total. The van der Waals surface area contributed by atoms with Crippen molar-refractivity contribution in [3.05, 3.63) is 137 Å². The first kappa shape index (κ1) is 23.8. The Morgan fingerprint density at radius 3 is 2.14 bits per heavy atom. The molecule has 0 radical (unpaired) electrons. The molecule has 0 aliphatic carbocycles. The number of aromatic nitrogens is 1. The Morgan fingerprint density at radius 1 is 0.800 bits per heavy atom. The van der Waals surface area contributed by atoms with E-state index in [1.54, 1.807) is 47.6 Å².